The van der Waals surface area contributed by atoms with Crippen molar-refractivity contribution in [2.24, 2.45) is 0 Å². The zero-order valence-corrected chi connectivity index (χ0v) is 16.2. The molecular weight excluding hydrogens is 486 g/mol. The van der Waals surface area contributed by atoms with Crippen LogP contribution in [0.25, 0.3) is 11.3 Å². The number of hydrogen-bond donors (Lipinski definition) is 0. The Morgan fingerprint density at radius 1 is 0.880 bits per heavy atom. The van der Waals surface area contributed by atoms with Crippen LogP contribution in [0, 0.1) is 18.8 Å². The number of anilines is 1. The van der Waals surface area contributed by atoms with Gasteiger partial charge in [0, 0.05) is 6.20 Å². The molecule has 3 nitrogen and oxygen atoms in total. The molecule has 0 bridgehead atoms. The maximum atomic E-state index is 4.22. The maximum absolute atomic E-state index is 4.22. The molecule has 0 spiro atoms. The van der Waals surface area contributed by atoms with Gasteiger partial charge in [-0.3, -0.25) is 0 Å². The second-order valence-corrected chi connectivity index (χ2v) is 5.23. The molecule has 0 saturated carbocycles. The summed E-state index contributed by atoms with van der Waals surface area (Å²) < 4.78 is 0. The molecule has 0 N–H and O–H groups in total. The monoisotopic (exact) mass is 505 g/mol. The molecule has 3 aromatic rings. The summed E-state index contributed by atoms with van der Waals surface area (Å²) in [4.78, 5) is 8.25. The van der Waals surface area contributed by atoms with E-state index in [-0.39, 0.29) is 20.1 Å². The standard InChI is InChI=1S/C11H8N.C10H10N2.Ir/c1-2-6-10(7-3-1)11-8-4-5-9-12-11;1-11-7-8-12(9-11)10-5-3-2-4-6-10;/h1-6,8-9H;2-5,7-9H,1H3;/q-1;-2;+3. The van der Waals surface area contributed by atoms with Crippen LogP contribution >= 0.6 is 0 Å². The molecule has 1 aliphatic heterocycles. The first kappa shape index (κ1) is 18.9. The number of hydrogen-bond acceptors (Lipinski definition) is 3. The van der Waals surface area contributed by atoms with Crippen LogP contribution in [0.2, 0.25) is 0 Å². The van der Waals surface area contributed by atoms with E-state index in [0.29, 0.717) is 0 Å². The third kappa shape index (κ3) is 5.56. The Hall–Kier alpha value is -2.42. The minimum absolute atomic E-state index is 0. The zero-order chi connectivity index (χ0) is 16.6. The van der Waals surface area contributed by atoms with Crippen molar-refractivity contribution < 1.29 is 20.1 Å². The normalized spacial score (nSPS) is 12.2. The van der Waals surface area contributed by atoms with Crippen molar-refractivity contribution in [3.8, 4) is 11.3 Å². The van der Waals surface area contributed by atoms with Crippen LogP contribution in [-0.4, -0.2) is 16.9 Å². The fourth-order valence-electron chi connectivity index (χ4n) is 2.21. The zero-order valence-electron chi connectivity index (χ0n) is 13.8. The summed E-state index contributed by atoms with van der Waals surface area (Å²) in [6, 6.07) is 27.9. The van der Waals surface area contributed by atoms with E-state index in [1.807, 2.05) is 103 Å². The van der Waals surface area contributed by atoms with Gasteiger partial charge in [-0.05, 0) is 31.2 Å². The van der Waals surface area contributed by atoms with Crippen molar-refractivity contribution >= 4 is 5.69 Å². The van der Waals surface area contributed by atoms with Crippen molar-refractivity contribution in [1.82, 2.24) is 9.88 Å². The van der Waals surface area contributed by atoms with E-state index in [1.54, 1.807) is 6.20 Å². The predicted molar refractivity (Wildman–Crippen MR) is 97.5 cm³/mol. The van der Waals surface area contributed by atoms with Crippen molar-refractivity contribution in [3.63, 3.8) is 0 Å². The first-order valence-electron chi connectivity index (χ1n) is 7.71. The Bertz CT molecular complexity index is 723. The minimum Gasteiger partial charge on any atom is -0.510 e. The molecule has 126 valence electrons. The van der Waals surface area contributed by atoms with Gasteiger partial charge in [0.05, 0.1) is 0 Å². The number of nitrogens with zero attached hydrogens (tertiary/aromatic N) is 3. The van der Waals surface area contributed by atoms with E-state index >= 15 is 0 Å². The van der Waals surface area contributed by atoms with Gasteiger partial charge in [0.25, 0.3) is 0 Å². The smallest absolute Gasteiger partial charge is 0.510 e. The largest absolute Gasteiger partial charge is 3.00 e. The number of para-hydroxylation sites is 1. The molecule has 0 saturated heterocycles. The van der Waals surface area contributed by atoms with E-state index in [1.165, 1.54) is 0 Å². The molecule has 0 fully saturated rings. The predicted octanol–water partition coefficient (Wildman–Crippen LogP) is 4.38. The first-order valence-corrected chi connectivity index (χ1v) is 7.71. The summed E-state index contributed by atoms with van der Waals surface area (Å²) in [6.07, 6.45) is 5.79. The summed E-state index contributed by atoms with van der Waals surface area (Å²) in [5.74, 6) is 0. The van der Waals surface area contributed by atoms with Crippen molar-refractivity contribution in [2.45, 2.75) is 0 Å². The third-order valence-corrected chi connectivity index (χ3v) is 3.39. The Kier molecular flexibility index (Phi) is 7.39. The molecule has 2 heterocycles. The number of aromatic nitrogens is 1. The summed E-state index contributed by atoms with van der Waals surface area (Å²) in [5.41, 5.74) is 3.08. The van der Waals surface area contributed by atoms with E-state index in [9.17, 15) is 0 Å². The van der Waals surface area contributed by atoms with Gasteiger partial charge in [-0.15, -0.1) is 41.6 Å². The fraction of sp³-hybridized carbons (Fsp3) is 0.0476. The van der Waals surface area contributed by atoms with Gasteiger partial charge in [-0.25, -0.2) is 0 Å². The molecule has 1 aliphatic rings. The Balaban J connectivity index is 0.000000173. The van der Waals surface area contributed by atoms with E-state index < -0.39 is 0 Å². The SMILES string of the molecule is CN1C=CN(c2[c-]cccc2)[CH-]1.[Ir+3].[c-]1ccccc1-c1ccccn1. The van der Waals surface area contributed by atoms with Crippen LogP contribution < -0.4 is 4.90 Å². The van der Waals surface area contributed by atoms with E-state index in [0.717, 1.165) is 16.9 Å². The molecule has 4 heteroatoms. The fourth-order valence-corrected chi connectivity index (χ4v) is 2.21. The Labute approximate surface area is 163 Å². The first-order chi connectivity index (χ1) is 11.8. The van der Waals surface area contributed by atoms with Gasteiger partial charge in [-0.2, -0.15) is 37.0 Å². The van der Waals surface area contributed by atoms with Crippen LogP contribution in [0.15, 0.2) is 85.3 Å². The minimum atomic E-state index is 0. The Morgan fingerprint density at radius 2 is 1.64 bits per heavy atom. The van der Waals surface area contributed by atoms with Gasteiger partial charge < -0.3 is 14.8 Å². The van der Waals surface area contributed by atoms with Crippen LogP contribution in [0.1, 0.15) is 0 Å². The summed E-state index contributed by atoms with van der Waals surface area (Å²) in [5, 5.41) is 0. The van der Waals surface area contributed by atoms with Gasteiger partial charge in [0.1, 0.15) is 0 Å². The maximum Gasteiger partial charge on any atom is 3.00 e. The molecule has 2 aromatic carbocycles. The molecule has 4 rings (SSSR count). The second-order valence-electron chi connectivity index (χ2n) is 5.23. The summed E-state index contributed by atoms with van der Waals surface area (Å²) in [7, 11) is 2.00. The molecular formula is C21H18IrN3. The molecule has 0 aliphatic carbocycles. The van der Waals surface area contributed by atoms with Crippen molar-refractivity contribution in [3.05, 3.63) is 104 Å². The van der Waals surface area contributed by atoms with Crippen LogP contribution in [-0.2, 0) is 20.1 Å². The van der Waals surface area contributed by atoms with Crippen LogP contribution in [0.4, 0.5) is 5.69 Å². The topological polar surface area (TPSA) is 19.4 Å². The molecule has 0 atom stereocenters. The van der Waals surface area contributed by atoms with E-state index in [4.69, 9.17) is 0 Å². The molecule has 1 aromatic heterocycles. The second kappa shape index (κ2) is 9.77. The van der Waals surface area contributed by atoms with Gasteiger partial charge >= 0.3 is 20.1 Å². The quantitative estimate of drug-likeness (QED) is 0.483. The van der Waals surface area contributed by atoms with Crippen LogP contribution in [0.5, 0.6) is 0 Å². The molecule has 0 amide bonds. The third-order valence-electron chi connectivity index (χ3n) is 3.39. The van der Waals surface area contributed by atoms with E-state index in [2.05, 4.69) is 17.1 Å². The average molecular weight is 505 g/mol. The molecule has 0 unspecified atom stereocenters. The van der Waals surface area contributed by atoms with Gasteiger partial charge in [0.2, 0.25) is 0 Å². The Morgan fingerprint density at radius 3 is 2.20 bits per heavy atom. The number of benzene rings is 2. The summed E-state index contributed by atoms with van der Waals surface area (Å²) in [6.45, 7) is 2.01. The van der Waals surface area contributed by atoms with Gasteiger partial charge in [0.15, 0.2) is 0 Å². The van der Waals surface area contributed by atoms with Crippen LogP contribution in [0.3, 0.4) is 0 Å². The molecule has 0 radical (unpaired) electrons. The van der Waals surface area contributed by atoms with Crippen molar-refractivity contribution in [2.75, 3.05) is 11.9 Å². The molecule has 25 heavy (non-hydrogen) atoms. The van der Waals surface area contributed by atoms with Crippen molar-refractivity contribution in [1.29, 1.82) is 0 Å². The number of rotatable bonds is 2. The summed E-state index contributed by atoms with van der Waals surface area (Å²) >= 11 is 0. The van der Waals surface area contributed by atoms with Gasteiger partial charge in [-0.1, -0.05) is 12.1 Å². The average Bonchev–Trinajstić information content (AvgIpc) is 3.11. The number of pyridine rings is 1.